The Hall–Kier alpha value is -0.520. The molecule has 0 N–H and O–H groups in total. The Morgan fingerprint density at radius 3 is 2.06 bits per heavy atom. The average Bonchev–Trinajstić information content (AvgIpc) is 2.27. The normalized spacial score (nSPS) is 18.5. The lowest BCUT2D eigenvalue weighted by molar-refractivity contribution is 0.139. The van der Waals surface area contributed by atoms with Gasteiger partial charge in [0.2, 0.25) is 0 Å². The van der Waals surface area contributed by atoms with Gasteiger partial charge in [0, 0.05) is 32.1 Å². The minimum atomic E-state index is 0.502. The van der Waals surface area contributed by atoms with E-state index in [1.165, 1.54) is 39.1 Å². The van der Waals surface area contributed by atoms with Crippen molar-refractivity contribution < 1.29 is 0 Å². The summed E-state index contributed by atoms with van der Waals surface area (Å²) < 4.78 is 0. The van der Waals surface area contributed by atoms with Crippen LogP contribution in [0.15, 0.2) is 0 Å². The van der Waals surface area contributed by atoms with Crippen molar-refractivity contribution in [2.75, 3.05) is 39.3 Å². The van der Waals surface area contributed by atoms with E-state index >= 15 is 0 Å². The largest absolute Gasteiger partial charge is 0.301 e. The molecule has 0 aromatic heterocycles. The SMILES string of the molecule is CC(C)C#CCN1CCN(CCC(C)C)CC1. The first kappa shape index (κ1) is 14.5. The summed E-state index contributed by atoms with van der Waals surface area (Å²) in [6.45, 7) is 15.9. The van der Waals surface area contributed by atoms with E-state index in [4.69, 9.17) is 0 Å². The number of nitrogens with zero attached hydrogens (tertiary/aromatic N) is 2. The van der Waals surface area contributed by atoms with Gasteiger partial charge in [0.05, 0.1) is 6.54 Å². The van der Waals surface area contributed by atoms with Crippen LogP contribution in [-0.2, 0) is 0 Å². The van der Waals surface area contributed by atoms with Gasteiger partial charge in [0.25, 0.3) is 0 Å². The maximum absolute atomic E-state index is 3.28. The molecule has 0 radical (unpaired) electrons. The average molecular weight is 236 g/mol. The van der Waals surface area contributed by atoms with Crippen molar-refractivity contribution in [1.82, 2.24) is 9.80 Å². The highest BCUT2D eigenvalue weighted by Crippen LogP contribution is 2.06. The van der Waals surface area contributed by atoms with E-state index in [0.29, 0.717) is 5.92 Å². The van der Waals surface area contributed by atoms with Gasteiger partial charge in [-0.05, 0) is 18.9 Å². The summed E-state index contributed by atoms with van der Waals surface area (Å²) in [5.41, 5.74) is 0. The number of rotatable bonds is 4. The van der Waals surface area contributed by atoms with E-state index < -0.39 is 0 Å². The molecule has 1 saturated heterocycles. The van der Waals surface area contributed by atoms with Crippen molar-refractivity contribution in [1.29, 1.82) is 0 Å². The molecule has 0 amide bonds. The fourth-order valence-electron chi connectivity index (χ4n) is 1.97. The molecule has 1 rings (SSSR count). The smallest absolute Gasteiger partial charge is 0.0602 e. The van der Waals surface area contributed by atoms with Crippen molar-refractivity contribution in [2.24, 2.45) is 11.8 Å². The third-order valence-electron chi connectivity index (χ3n) is 3.18. The minimum absolute atomic E-state index is 0.502. The molecule has 0 spiro atoms. The zero-order valence-electron chi connectivity index (χ0n) is 12.0. The van der Waals surface area contributed by atoms with Gasteiger partial charge in [-0.3, -0.25) is 4.90 Å². The number of hydrogen-bond donors (Lipinski definition) is 0. The van der Waals surface area contributed by atoms with E-state index in [-0.39, 0.29) is 0 Å². The Kier molecular flexibility index (Phi) is 6.62. The minimum Gasteiger partial charge on any atom is -0.301 e. The molecule has 0 unspecified atom stereocenters. The highest BCUT2D eigenvalue weighted by Gasteiger charge is 2.15. The topological polar surface area (TPSA) is 6.48 Å². The number of piperazine rings is 1. The fourth-order valence-corrected chi connectivity index (χ4v) is 1.97. The molecular formula is C15H28N2. The predicted octanol–water partition coefficient (Wildman–Crippen LogP) is 2.31. The third kappa shape index (κ3) is 6.71. The Morgan fingerprint density at radius 1 is 0.941 bits per heavy atom. The standard InChI is InChI=1S/C15H28N2/c1-14(2)6-5-8-16-10-12-17(13-11-16)9-7-15(3)4/h14-15H,7-13H2,1-4H3. The van der Waals surface area contributed by atoms with E-state index in [2.05, 4.69) is 49.3 Å². The molecule has 1 heterocycles. The van der Waals surface area contributed by atoms with E-state index in [0.717, 1.165) is 12.5 Å². The maximum atomic E-state index is 3.28. The Bertz CT molecular complexity index is 252. The zero-order chi connectivity index (χ0) is 12.7. The second-order valence-electron chi connectivity index (χ2n) is 5.78. The van der Waals surface area contributed by atoms with Crippen LogP contribution in [0.4, 0.5) is 0 Å². The Balaban J connectivity index is 2.16. The van der Waals surface area contributed by atoms with Crippen molar-refractivity contribution in [3.05, 3.63) is 0 Å². The first-order chi connectivity index (χ1) is 8.08. The molecule has 0 aromatic rings. The monoisotopic (exact) mass is 236 g/mol. The van der Waals surface area contributed by atoms with Crippen molar-refractivity contribution >= 4 is 0 Å². The van der Waals surface area contributed by atoms with Gasteiger partial charge < -0.3 is 4.90 Å². The van der Waals surface area contributed by atoms with Crippen LogP contribution >= 0.6 is 0 Å². The molecule has 1 aliphatic heterocycles. The molecule has 98 valence electrons. The Labute approximate surface area is 107 Å². The van der Waals surface area contributed by atoms with E-state index in [9.17, 15) is 0 Å². The van der Waals surface area contributed by atoms with Gasteiger partial charge >= 0.3 is 0 Å². The summed E-state index contributed by atoms with van der Waals surface area (Å²) in [4.78, 5) is 5.06. The summed E-state index contributed by atoms with van der Waals surface area (Å²) in [5, 5.41) is 0. The highest BCUT2D eigenvalue weighted by molar-refractivity contribution is 5.03. The highest BCUT2D eigenvalue weighted by atomic mass is 15.3. The molecule has 2 nitrogen and oxygen atoms in total. The van der Waals surface area contributed by atoms with E-state index in [1.54, 1.807) is 0 Å². The van der Waals surface area contributed by atoms with Crippen molar-refractivity contribution in [3.8, 4) is 11.8 Å². The first-order valence-corrected chi connectivity index (χ1v) is 7.01. The number of hydrogen-bond acceptors (Lipinski definition) is 2. The quantitative estimate of drug-likeness (QED) is 0.691. The first-order valence-electron chi connectivity index (χ1n) is 7.01. The molecule has 0 aliphatic carbocycles. The third-order valence-corrected chi connectivity index (χ3v) is 3.18. The van der Waals surface area contributed by atoms with Crippen LogP contribution in [0.2, 0.25) is 0 Å². The van der Waals surface area contributed by atoms with Gasteiger partial charge in [-0.1, -0.05) is 39.5 Å². The van der Waals surface area contributed by atoms with Gasteiger partial charge in [0.15, 0.2) is 0 Å². The van der Waals surface area contributed by atoms with Gasteiger partial charge in [0.1, 0.15) is 0 Å². The van der Waals surface area contributed by atoms with Gasteiger partial charge in [-0.2, -0.15) is 0 Å². The van der Waals surface area contributed by atoms with Gasteiger partial charge in [-0.25, -0.2) is 0 Å². The zero-order valence-corrected chi connectivity index (χ0v) is 12.0. The van der Waals surface area contributed by atoms with Crippen LogP contribution in [-0.4, -0.2) is 49.1 Å². The summed E-state index contributed by atoms with van der Waals surface area (Å²) in [6, 6.07) is 0. The molecular weight excluding hydrogens is 208 g/mol. The van der Waals surface area contributed by atoms with Crippen LogP contribution in [0.25, 0.3) is 0 Å². The summed E-state index contributed by atoms with van der Waals surface area (Å²) in [5.74, 6) is 7.84. The second-order valence-corrected chi connectivity index (χ2v) is 5.78. The summed E-state index contributed by atoms with van der Waals surface area (Å²) in [7, 11) is 0. The molecule has 0 aromatic carbocycles. The lowest BCUT2D eigenvalue weighted by atomic mass is 10.1. The van der Waals surface area contributed by atoms with Crippen LogP contribution < -0.4 is 0 Å². The van der Waals surface area contributed by atoms with Crippen LogP contribution in [0, 0.1) is 23.7 Å². The van der Waals surface area contributed by atoms with Crippen LogP contribution in [0.1, 0.15) is 34.1 Å². The Morgan fingerprint density at radius 2 is 1.53 bits per heavy atom. The molecule has 17 heavy (non-hydrogen) atoms. The van der Waals surface area contributed by atoms with Crippen LogP contribution in [0.5, 0.6) is 0 Å². The van der Waals surface area contributed by atoms with Crippen molar-refractivity contribution in [2.45, 2.75) is 34.1 Å². The molecule has 0 atom stereocenters. The molecule has 1 aliphatic rings. The summed E-state index contributed by atoms with van der Waals surface area (Å²) >= 11 is 0. The predicted molar refractivity (Wildman–Crippen MR) is 74.9 cm³/mol. The van der Waals surface area contributed by atoms with Crippen LogP contribution in [0.3, 0.4) is 0 Å². The lowest BCUT2D eigenvalue weighted by Crippen LogP contribution is -2.46. The van der Waals surface area contributed by atoms with Crippen molar-refractivity contribution in [3.63, 3.8) is 0 Å². The summed E-state index contributed by atoms with van der Waals surface area (Å²) in [6.07, 6.45) is 1.33. The second kappa shape index (κ2) is 7.74. The molecule has 0 saturated carbocycles. The molecule has 0 bridgehead atoms. The van der Waals surface area contributed by atoms with E-state index in [1.807, 2.05) is 0 Å². The molecule has 1 fully saturated rings. The molecule has 2 heteroatoms. The van der Waals surface area contributed by atoms with Gasteiger partial charge in [-0.15, -0.1) is 0 Å². The maximum Gasteiger partial charge on any atom is 0.0602 e. The fraction of sp³-hybridized carbons (Fsp3) is 0.867. The lowest BCUT2D eigenvalue weighted by Gasteiger charge is -2.34.